The number of fused-ring (bicyclic) bond motifs is 1. The summed E-state index contributed by atoms with van der Waals surface area (Å²) in [6.45, 7) is 2.64. The van der Waals surface area contributed by atoms with Gasteiger partial charge in [-0.15, -0.1) is 11.8 Å². The molecule has 27 heavy (non-hydrogen) atoms. The smallest absolute Gasteiger partial charge is 0.242 e. The van der Waals surface area contributed by atoms with Gasteiger partial charge >= 0.3 is 0 Å². The average Bonchev–Trinajstić information content (AvgIpc) is 2.71. The number of rotatable bonds is 3. The molecule has 0 unspecified atom stereocenters. The zero-order valence-electron chi connectivity index (χ0n) is 14.8. The second-order valence-corrected chi connectivity index (χ2v) is 7.60. The van der Waals surface area contributed by atoms with E-state index in [1.165, 1.54) is 23.9 Å². The Morgan fingerprint density at radius 3 is 2.44 bits per heavy atom. The molecule has 0 aliphatic carbocycles. The number of piperazine rings is 1. The maximum Gasteiger partial charge on any atom is 0.242 e. The number of thioether (sulfide) groups is 1. The molecule has 140 valence electrons. The van der Waals surface area contributed by atoms with Crippen molar-refractivity contribution >= 4 is 35.0 Å². The van der Waals surface area contributed by atoms with Crippen molar-refractivity contribution in [1.82, 2.24) is 4.90 Å². The van der Waals surface area contributed by atoms with Gasteiger partial charge in [0.05, 0.1) is 11.4 Å². The minimum Gasteiger partial charge on any atom is -0.368 e. The predicted molar refractivity (Wildman–Crippen MR) is 105 cm³/mol. The number of carbonyl (C=O) groups excluding carboxylic acids is 2. The maximum absolute atomic E-state index is 13.1. The summed E-state index contributed by atoms with van der Waals surface area (Å²) in [6, 6.07) is 14.1. The van der Waals surface area contributed by atoms with Gasteiger partial charge in [0, 0.05) is 36.8 Å². The van der Waals surface area contributed by atoms with Gasteiger partial charge < -0.3 is 14.7 Å². The van der Waals surface area contributed by atoms with Crippen LogP contribution < -0.4 is 9.80 Å². The number of carbonyl (C=O) groups is 2. The van der Waals surface area contributed by atoms with Crippen LogP contribution in [0.2, 0.25) is 0 Å². The van der Waals surface area contributed by atoms with Gasteiger partial charge in [-0.2, -0.15) is 0 Å². The molecular formula is C20H20FN3O2S. The van der Waals surface area contributed by atoms with Crippen LogP contribution in [0, 0.1) is 5.82 Å². The van der Waals surface area contributed by atoms with Crippen LogP contribution in [0.5, 0.6) is 0 Å². The van der Waals surface area contributed by atoms with Gasteiger partial charge in [0.1, 0.15) is 12.4 Å². The van der Waals surface area contributed by atoms with E-state index in [0.29, 0.717) is 31.9 Å². The van der Waals surface area contributed by atoms with Crippen LogP contribution >= 0.6 is 11.8 Å². The van der Waals surface area contributed by atoms with Crippen molar-refractivity contribution in [3.05, 3.63) is 54.3 Å². The van der Waals surface area contributed by atoms with E-state index in [1.807, 2.05) is 24.3 Å². The summed E-state index contributed by atoms with van der Waals surface area (Å²) in [5, 5.41) is 0. The summed E-state index contributed by atoms with van der Waals surface area (Å²) in [5.41, 5.74) is 1.78. The Hall–Kier alpha value is -2.54. The number of hydrogen-bond acceptors (Lipinski definition) is 4. The molecule has 0 atom stereocenters. The van der Waals surface area contributed by atoms with Crippen molar-refractivity contribution in [2.24, 2.45) is 0 Å². The highest BCUT2D eigenvalue weighted by Gasteiger charge is 2.29. The topological polar surface area (TPSA) is 43.9 Å². The van der Waals surface area contributed by atoms with Crippen LogP contribution in [0.15, 0.2) is 53.4 Å². The fourth-order valence-corrected chi connectivity index (χ4v) is 4.36. The van der Waals surface area contributed by atoms with Gasteiger partial charge in [-0.3, -0.25) is 9.59 Å². The van der Waals surface area contributed by atoms with Crippen LogP contribution in [-0.2, 0) is 9.59 Å². The van der Waals surface area contributed by atoms with Gasteiger partial charge in [0.15, 0.2) is 0 Å². The number of amides is 2. The van der Waals surface area contributed by atoms with Crippen molar-refractivity contribution in [2.75, 3.05) is 48.3 Å². The van der Waals surface area contributed by atoms with Crippen LogP contribution in [0.3, 0.4) is 0 Å². The summed E-state index contributed by atoms with van der Waals surface area (Å²) in [4.78, 5) is 31.7. The van der Waals surface area contributed by atoms with Gasteiger partial charge in [0.25, 0.3) is 0 Å². The first-order chi connectivity index (χ1) is 13.1. The minimum absolute atomic E-state index is 0.0306. The Balaban J connectivity index is 1.39. The van der Waals surface area contributed by atoms with E-state index in [2.05, 4.69) is 4.90 Å². The summed E-state index contributed by atoms with van der Waals surface area (Å²) in [5.74, 6) is 0.0424. The fourth-order valence-electron chi connectivity index (χ4n) is 3.43. The molecule has 0 aromatic heterocycles. The van der Waals surface area contributed by atoms with Gasteiger partial charge in [-0.1, -0.05) is 12.1 Å². The second kappa shape index (κ2) is 7.60. The summed E-state index contributed by atoms with van der Waals surface area (Å²) in [7, 11) is 0. The number of nitrogens with zero attached hydrogens (tertiary/aromatic N) is 3. The molecule has 0 bridgehead atoms. The highest BCUT2D eigenvalue weighted by Crippen LogP contribution is 2.34. The molecule has 0 radical (unpaired) electrons. The standard InChI is InChI=1S/C20H20FN3O2S/c21-15-5-7-16(8-6-15)22-9-11-23(12-10-22)19(25)13-24-17-3-1-2-4-18(17)27-14-20(24)26/h1-8H,9-14H2. The van der Waals surface area contributed by atoms with Crippen molar-refractivity contribution in [2.45, 2.75) is 4.90 Å². The molecule has 5 nitrogen and oxygen atoms in total. The SMILES string of the molecule is O=C(CN1C(=O)CSc2ccccc21)N1CCN(c2ccc(F)cc2)CC1. The number of para-hydroxylation sites is 1. The normalized spacial score (nSPS) is 17.1. The number of halogens is 1. The van der Waals surface area contributed by atoms with Crippen LogP contribution in [-0.4, -0.2) is 55.2 Å². The van der Waals surface area contributed by atoms with E-state index >= 15 is 0 Å². The average molecular weight is 385 g/mol. The van der Waals surface area contributed by atoms with Crippen molar-refractivity contribution in [1.29, 1.82) is 0 Å². The van der Waals surface area contributed by atoms with E-state index in [-0.39, 0.29) is 24.2 Å². The Labute approximate surface area is 161 Å². The van der Waals surface area contributed by atoms with E-state index < -0.39 is 0 Å². The summed E-state index contributed by atoms with van der Waals surface area (Å²) in [6.07, 6.45) is 0. The largest absolute Gasteiger partial charge is 0.368 e. The molecule has 4 rings (SSSR count). The Morgan fingerprint density at radius 1 is 1.00 bits per heavy atom. The molecule has 2 amide bonds. The Morgan fingerprint density at radius 2 is 1.70 bits per heavy atom. The lowest BCUT2D eigenvalue weighted by atomic mass is 10.2. The van der Waals surface area contributed by atoms with Gasteiger partial charge in [-0.25, -0.2) is 4.39 Å². The Bertz CT molecular complexity index is 851. The molecule has 1 fully saturated rings. The number of anilines is 2. The molecule has 0 spiro atoms. The van der Waals surface area contributed by atoms with Crippen molar-refractivity contribution in [3.63, 3.8) is 0 Å². The molecule has 1 saturated heterocycles. The number of hydrogen-bond donors (Lipinski definition) is 0. The third-order valence-electron chi connectivity index (χ3n) is 4.93. The van der Waals surface area contributed by atoms with Crippen molar-refractivity contribution in [3.8, 4) is 0 Å². The molecule has 0 N–H and O–H groups in total. The lowest BCUT2D eigenvalue weighted by molar-refractivity contribution is -0.131. The van der Waals surface area contributed by atoms with E-state index in [1.54, 1.807) is 21.9 Å². The molecule has 0 saturated carbocycles. The lowest BCUT2D eigenvalue weighted by Crippen LogP contribution is -2.52. The molecule has 7 heteroatoms. The van der Waals surface area contributed by atoms with Crippen molar-refractivity contribution < 1.29 is 14.0 Å². The molecule has 2 heterocycles. The summed E-state index contributed by atoms with van der Waals surface area (Å²) >= 11 is 1.51. The molecule has 2 aromatic carbocycles. The summed E-state index contributed by atoms with van der Waals surface area (Å²) < 4.78 is 13.1. The fraction of sp³-hybridized carbons (Fsp3) is 0.300. The quantitative estimate of drug-likeness (QED) is 0.815. The lowest BCUT2D eigenvalue weighted by Gasteiger charge is -2.37. The maximum atomic E-state index is 13.1. The second-order valence-electron chi connectivity index (χ2n) is 6.58. The van der Waals surface area contributed by atoms with Crippen LogP contribution in [0.25, 0.3) is 0 Å². The predicted octanol–water partition coefficient (Wildman–Crippen LogP) is 2.61. The first kappa shape index (κ1) is 17.9. The van der Waals surface area contributed by atoms with E-state index in [4.69, 9.17) is 0 Å². The Kier molecular flexibility index (Phi) is 5.03. The van der Waals surface area contributed by atoms with Gasteiger partial charge in [-0.05, 0) is 36.4 Å². The molecule has 2 aliphatic rings. The molecule has 2 aromatic rings. The zero-order valence-corrected chi connectivity index (χ0v) is 15.6. The molecular weight excluding hydrogens is 365 g/mol. The first-order valence-electron chi connectivity index (χ1n) is 8.92. The molecule has 2 aliphatic heterocycles. The first-order valence-corrected chi connectivity index (χ1v) is 9.91. The third-order valence-corrected chi connectivity index (χ3v) is 5.97. The van der Waals surface area contributed by atoms with Crippen LogP contribution in [0.4, 0.5) is 15.8 Å². The van der Waals surface area contributed by atoms with Gasteiger partial charge in [0.2, 0.25) is 11.8 Å². The zero-order chi connectivity index (χ0) is 18.8. The van der Waals surface area contributed by atoms with E-state index in [0.717, 1.165) is 16.3 Å². The minimum atomic E-state index is -0.253. The third kappa shape index (κ3) is 3.78. The van der Waals surface area contributed by atoms with E-state index in [9.17, 15) is 14.0 Å². The number of benzene rings is 2. The highest BCUT2D eigenvalue weighted by molar-refractivity contribution is 8.00. The highest BCUT2D eigenvalue weighted by atomic mass is 32.2. The monoisotopic (exact) mass is 385 g/mol. The van der Waals surface area contributed by atoms with Crippen LogP contribution in [0.1, 0.15) is 0 Å².